The number of ether oxygens (including phenoxy) is 1. The number of likely N-dealkylation sites (N-methyl/N-ethyl adjacent to an activating group) is 4. The van der Waals surface area contributed by atoms with Gasteiger partial charge in [0, 0.05) is 59.9 Å². The van der Waals surface area contributed by atoms with Crippen LogP contribution in [0.1, 0.15) is 119 Å². The monoisotopic (exact) mass is 1120 g/mol. The fourth-order valence-electron chi connectivity index (χ4n) is 10.8. The van der Waals surface area contributed by atoms with E-state index < -0.39 is 156 Å². The molecule has 2 fully saturated rings. The molecule has 0 spiro atoms. The van der Waals surface area contributed by atoms with Gasteiger partial charge in [0.05, 0.1) is 5.60 Å². The maximum Gasteiger partial charge on any atom is 0.332 e. The minimum Gasteiger partial charge on any atom is -0.481 e. The molecule has 2 aromatic rings. The van der Waals surface area contributed by atoms with Crippen molar-refractivity contribution in [3.63, 3.8) is 0 Å². The summed E-state index contributed by atoms with van der Waals surface area (Å²) >= 11 is 0. The molecular weight excluding hydrogens is 1030 g/mol. The standard InChI is InChI=1S/C59H88N8O13/c1-15-36(7)45-56(76)64(12)46(34(3)4)51(71)60-40(29-30-44(68)69)53(73)66(14)49(59(9,10)79)58(78)80-48(37(8)16-2)57(77)65(13)47(35(5)6)52(72)61-41(32-38-24-19-17-20-25-38)54(74)63(11)43(33-39-26-21-18-22-27-39)55(75)67-31-23-28-42(67)50(70)62-45/h17-22,24-27,34-37,40-43,45-49,79H,15-16,23,28-33H2,1-14H3,(H,60,71)(H,61,72)(H,62,70)(H,68,69)/t36-,37-,40+,41+,42+,43+,45-,46+,47+,48+,49-/m1/s1. The molecule has 5 N–H and O–H groups in total. The molecule has 2 saturated heterocycles. The SMILES string of the molecule is CC[C@@H](C)[C@@H]1OC(=O)[C@H](C(C)(C)O)N(C)C(=O)[C@H](CCC(=O)O)NC(=O)[C@H](C(C)C)N(C)C(=O)[C@@H]([C@H](C)CC)NC(=O)[C@@H]2CCCN2C(=O)[C@H](Cc2ccccc2)N(C)C(=O)[C@H](Cc2ccccc2)NC(=O)[C@H](C(C)C)N(C)C1=O. The summed E-state index contributed by atoms with van der Waals surface area (Å²) in [7, 11) is 5.37. The lowest BCUT2D eigenvalue weighted by Gasteiger charge is -2.39. The number of carboxylic acids is 1. The third kappa shape index (κ3) is 16.4. The van der Waals surface area contributed by atoms with E-state index in [1.54, 1.807) is 90.9 Å². The molecule has 80 heavy (non-hydrogen) atoms. The van der Waals surface area contributed by atoms with Gasteiger partial charge in [-0.3, -0.25) is 43.2 Å². The summed E-state index contributed by atoms with van der Waals surface area (Å²) in [4.78, 5) is 152. The molecule has 8 amide bonds. The normalized spacial score (nSPS) is 26.2. The van der Waals surface area contributed by atoms with Gasteiger partial charge in [0.1, 0.15) is 42.3 Å². The minimum absolute atomic E-state index is 0.0185. The first kappa shape index (κ1) is 65.6. The highest BCUT2D eigenvalue weighted by atomic mass is 16.6. The average molecular weight is 1120 g/mol. The van der Waals surface area contributed by atoms with E-state index in [1.807, 2.05) is 25.1 Å². The molecule has 21 nitrogen and oxygen atoms in total. The van der Waals surface area contributed by atoms with Gasteiger partial charge < -0.3 is 55.4 Å². The van der Waals surface area contributed by atoms with Crippen molar-refractivity contribution < 1.29 is 62.9 Å². The molecule has 21 heteroatoms. The summed E-state index contributed by atoms with van der Waals surface area (Å²) in [6.45, 7) is 16.3. The second-order valence-electron chi connectivity index (χ2n) is 23.0. The number of carboxylic acid groups (broad SMARTS) is 1. The average Bonchev–Trinajstić information content (AvgIpc) is 3.91. The van der Waals surface area contributed by atoms with Gasteiger partial charge in [-0.25, -0.2) is 4.79 Å². The van der Waals surface area contributed by atoms with E-state index in [0.717, 1.165) is 21.7 Å². The van der Waals surface area contributed by atoms with Gasteiger partial charge >= 0.3 is 11.9 Å². The Morgan fingerprint density at radius 3 is 1.60 bits per heavy atom. The van der Waals surface area contributed by atoms with Crippen LogP contribution in [0.15, 0.2) is 60.7 Å². The number of nitrogens with one attached hydrogen (secondary N) is 3. The van der Waals surface area contributed by atoms with Crippen LogP contribution in [0.25, 0.3) is 0 Å². The number of rotatable bonds is 14. The highest BCUT2D eigenvalue weighted by Gasteiger charge is 2.48. The third-order valence-electron chi connectivity index (χ3n) is 15.8. The van der Waals surface area contributed by atoms with E-state index in [2.05, 4.69) is 16.0 Å². The quantitative estimate of drug-likeness (QED) is 0.170. The van der Waals surface area contributed by atoms with Crippen molar-refractivity contribution in [2.75, 3.05) is 34.7 Å². The highest BCUT2D eigenvalue weighted by molar-refractivity contribution is 5.99. The lowest BCUT2D eigenvalue weighted by atomic mass is 9.94. The molecule has 2 aliphatic heterocycles. The van der Waals surface area contributed by atoms with Crippen LogP contribution in [-0.4, -0.2) is 189 Å². The smallest absolute Gasteiger partial charge is 0.332 e. The third-order valence-corrected chi connectivity index (χ3v) is 15.8. The van der Waals surface area contributed by atoms with Crippen molar-refractivity contribution in [1.82, 2.24) is 40.4 Å². The summed E-state index contributed by atoms with van der Waals surface area (Å²) in [6, 6.07) is 7.00. The molecule has 0 unspecified atom stereocenters. The second kappa shape index (κ2) is 29.0. The van der Waals surface area contributed by atoms with E-state index in [4.69, 9.17) is 4.74 Å². The Kier molecular flexibility index (Phi) is 23.8. The van der Waals surface area contributed by atoms with Crippen LogP contribution < -0.4 is 16.0 Å². The van der Waals surface area contributed by atoms with Gasteiger partial charge in [0.15, 0.2) is 12.1 Å². The number of hydrogen-bond acceptors (Lipinski definition) is 12. The zero-order valence-corrected chi connectivity index (χ0v) is 49.3. The number of carbonyl (C=O) groups is 10. The number of hydrogen-bond donors (Lipinski definition) is 5. The Morgan fingerprint density at radius 1 is 0.625 bits per heavy atom. The van der Waals surface area contributed by atoms with Crippen LogP contribution in [0, 0.1) is 23.7 Å². The van der Waals surface area contributed by atoms with Crippen molar-refractivity contribution in [1.29, 1.82) is 0 Å². The number of cyclic esters (lactones) is 1. The van der Waals surface area contributed by atoms with Gasteiger partial charge in [0.2, 0.25) is 41.4 Å². The Labute approximate surface area is 471 Å². The van der Waals surface area contributed by atoms with Gasteiger partial charge in [0.25, 0.3) is 5.91 Å². The van der Waals surface area contributed by atoms with Crippen LogP contribution >= 0.6 is 0 Å². The summed E-state index contributed by atoms with van der Waals surface area (Å²) in [5.74, 6) is -10.9. The molecule has 0 bridgehead atoms. The van der Waals surface area contributed by atoms with Gasteiger partial charge in [-0.1, -0.05) is 122 Å². The Balaban J connectivity index is 1.98. The maximum absolute atomic E-state index is 15.3. The number of aliphatic carboxylic acids is 1. The number of esters is 1. The molecule has 4 rings (SSSR count). The van der Waals surface area contributed by atoms with E-state index >= 15 is 9.59 Å². The molecule has 0 aromatic heterocycles. The molecule has 0 saturated carbocycles. The zero-order valence-electron chi connectivity index (χ0n) is 49.3. The second-order valence-corrected chi connectivity index (χ2v) is 23.0. The molecular formula is C59H88N8O13. The molecule has 2 heterocycles. The molecule has 0 radical (unpaired) electrons. The van der Waals surface area contributed by atoms with Crippen LogP contribution in [-0.2, 0) is 65.5 Å². The van der Waals surface area contributed by atoms with Gasteiger partial charge in [-0.05, 0) is 68.4 Å². The van der Waals surface area contributed by atoms with Crippen LogP contribution in [0.3, 0.4) is 0 Å². The number of benzene rings is 2. The van der Waals surface area contributed by atoms with Gasteiger partial charge in [-0.2, -0.15) is 0 Å². The van der Waals surface area contributed by atoms with Crippen molar-refractivity contribution in [3.05, 3.63) is 71.8 Å². The van der Waals surface area contributed by atoms with Crippen LogP contribution in [0.2, 0.25) is 0 Å². The van der Waals surface area contributed by atoms with Gasteiger partial charge in [-0.15, -0.1) is 0 Å². The van der Waals surface area contributed by atoms with Crippen molar-refractivity contribution in [2.24, 2.45) is 23.7 Å². The number of aliphatic hydroxyl groups is 1. The molecule has 2 aliphatic rings. The number of nitrogens with zero attached hydrogens (tertiary/aromatic N) is 5. The first-order chi connectivity index (χ1) is 37.5. The Bertz CT molecular complexity index is 2500. The van der Waals surface area contributed by atoms with E-state index in [0.29, 0.717) is 24.0 Å². The summed E-state index contributed by atoms with van der Waals surface area (Å²) in [5.41, 5.74) is -0.718. The van der Waals surface area contributed by atoms with Crippen LogP contribution in [0.4, 0.5) is 0 Å². The maximum atomic E-state index is 15.3. The zero-order chi connectivity index (χ0) is 60.1. The fraction of sp³-hybridized carbons (Fsp3) is 0.627. The predicted molar refractivity (Wildman–Crippen MR) is 299 cm³/mol. The number of amides is 8. The lowest BCUT2D eigenvalue weighted by molar-refractivity contribution is -0.177. The first-order valence-corrected chi connectivity index (χ1v) is 28.0. The van der Waals surface area contributed by atoms with Crippen molar-refractivity contribution >= 4 is 59.2 Å². The topological polar surface area (TPSA) is 273 Å². The largest absolute Gasteiger partial charge is 0.481 e. The molecule has 2 aromatic carbocycles. The predicted octanol–water partition coefficient (Wildman–Crippen LogP) is 3.19. The van der Waals surface area contributed by atoms with E-state index in [-0.39, 0.29) is 32.2 Å². The number of carbonyl (C=O) groups excluding carboxylic acids is 9. The molecule has 0 aliphatic carbocycles. The molecule has 442 valence electrons. The van der Waals surface area contributed by atoms with Crippen molar-refractivity contribution in [2.45, 2.75) is 181 Å². The summed E-state index contributed by atoms with van der Waals surface area (Å²) < 4.78 is 6.02. The Morgan fingerprint density at radius 2 is 1.11 bits per heavy atom. The fourth-order valence-corrected chi connectivity index (χ4v) is 10.8. The van der Waals surface area contributed by atoms with Crippen LogP contribution in [0.5, 0.6) is 0 Å². The number of fused-ring (bicyclic) bond motifs is 1. The summed E-state index contributed by atoms with van der Waals surface area (Å²) in [5, 5.41) is 29.9. The Hall–Kier alpha value is -6.90. The lowest BCUT2D eigenvalue weighted by Crippen LogP contribution is -2.63. The minimum atomic E-state index is -2.09. The van der Waals surface area contributed by atoms with E-state index in [1.165, 1.54) is 44.8 Å². The van der Waals surface area contributed by atoms with E-state index in [9.17, 15) is 48.6 Å². The first-order valence-electron chi connectivity index (χ1n) is 28.0. The summed E-state index contributed by atoms with van der Waals surface area (Å²) in [6.07, 6.45) is -1.42. The molecule has 11 atom stereocenters. The highest BCUT2D eigenvalue weighted by Crippen LogP contribution is 2.27. The van der Waals surface area contributed by atoms with Crippen molar-refractivity contribution in [3.8, 4) is 0 Å².